The third kappa shape index (κ3) is 2.00. The maximum atomic E-state index is 5.79. The highest BCUT2D eigenvalue weighted by Crippen LogP contribution is 2.32. The summed E-state index contributed by atoms with van der Waals surface area (Å²) in [6.45, 7) is 2.12. The quantitative estimate of drug-likeness (QED) is 0.549. The van der Waals surface area contributed by atoms with Crippen molar-refractivity contribution in [2.24, 2.45) is 0 Å². The highest BCUT2D eigenvalue weighted by Gasteiger charge is 2.15. The van der Waals surface area contributed by atoms with E-state index in [2.05, 4.69) is 41.0 Å². The predicted molar refractivity (Wildman–Crippen MR) is 93.1 cm³/mol. The fraction of sp³-hybridized carbons (Fsp3) is 0.0556. The Morgan fingerprint density at radius 3 is 2.41 bits per heavy atom. The van der Waals surface area contributed by atoms with Crippen molar-refractivity contribution in [3.8, 4) is 22.5 Å². The molecular weight excluding hydrogens is 290 g/mol. The maximum absolute atomic E-state index is 5.79. The van der Waals surface area contributed by atoms with Crippen LogP contribution in [0.15, 0.2) is 60.0 Å². The summed E-state index contributed by atoms with van der Waals surface area (Å²) in [6, 6.07) is 18.3. The van der Waals surface area contributed by atoms with Crippen LogP contribution in [0.1, 0.15) is 5.69 Å². The van der Waals surface area contributed by atoms with Gasteiger partial charge in [-0.05, 0) is 24.6 Å². The molecule has 0 aliphatic rings. The lowest BCUT2D eigenvalue weighted by atomic mass is 10.1. The van der Waals surface area contributed by atoms with Crippen molar-refractivity contribution >= 4 is 22.0 Å². The number of fused-ring (bicyclic) bond motifs is 1. The molecule has 0 bridgehead atoms. The van der Waals surface area contributed by atoms with Crippen LogP contribution >= 0.6 is 11.3 Å². The summed E-state index contributed by atoms with van der Waals surface area (Å²) in [5.74, 6) is 0. The lowest BCUT2D eigenvalue weighted by Gasteiger charge is -2.04. The van der Waals surface area contributed by atoms with Crippen molar-refractivity contribution in [3.05, 3.63) is 65.7 Å². The van der Waals surface area contributed by atoms with Gasteiger partial charge in [0.25, 0.3) is 0 Å². The van der Waals surface area contributed by atoms with Crippen LogP contribution in [0.25, 0.3) is 27.5 Å². The van der Waals surface area contributed by atoms with E-state index in [9.17, 15) is 0 Å². The Morgan fingerprint density at radius 1 is 0.955 bits per heavy atom. The van der Waals surface area contributed by atoms with Gasteiger partial charge in [-0.3, -0.25) is 4.40 Å². The normalized spacial score (nSPS) is 11.1. The molecule has 4 heteroatoms. The number of aryl methyl sites for hydroxylation is 1. The van der Waals surface area contributed by atoms with Gasteiger partial charge in [0, 0.05) is 22.3 Å². The number of anilines is 1. The number of hydrogen-bond donors (Lipinski definition) is 1. The van der Waals surface area contributed by atoms with E-state index in [0.29, 0.717) is 0 Å². The minimum Gasteiger partial charge on any atom is -0.399 e. The van der Waals surface area contributed by atoms with E-state index in [4.69, 9.17) is 10.7 Å². The summed E-state index contributed by atoms with van der Waals surface area (Å²) >= 11 is 1.66. The first kappa shape index (κ1) is 13.1. The van der Waals surface area contributed by atoms with Crippen molar-refractivity contribution in [1.82, 2.24) is 9.38 Å². The molecule has 0 spiro atoms. The molecule has 0 saturated carbocycles. The van der Waals surface area contributed by atoms with Crippen LogP contribution < -0.4 is 5.73 Å². The molecule has 2 heterocycles. The summed E-state index contributed by atoms with van der Waals surface area (Å²) in [7, 11) is 0. The number of nitrogen functional groups attached to an aromatic ring is 1. The molecule has 0 radical (unpaired) electrons. The minimum absolute atomic E-state index is 0.780. The molecule has 2 aromatic carbocycles. The zero-order chi connectivity index (χ0) is 15.1. The number of nitrogens with two attached hydrogens (primary N) is 1. The molecular formula is C18H15N3S. The van der Waals surface area contributed by atoms with E-state index < -0.39 is 0 Å². The number of hydrogen-bond acceptors (Lipinski definition) is 3. The van der Waals surface area contributed by atoms with E-state index in [1.54, 1.807) is 11.3 Å². The summed E-state index contributed by atoms with van der Waals surface area (Å²) in [6.07, 6.45) is 0. The topological polar surface area (TPSA) is 43.3 Å². The molecule has 0 fully saturated rings. The molecule has 0 amide bonds. The van der Waals surface area contributed by atoms with Gasteiger partial charge in [-0.25, -0.2) is 4.98 Å². The largest absolute Gasteiger partial charge is 0.399 e. The molecule has 0 aliphatic heterocycles. The third-order valence-electron chi connectivity index (χ3n) is 3.85. The van der Waals surface area contributed by atoms with Crippen LogP contribution in [0.2, 0.25) is 0 Å². The Balaban J connectivity index is 1.92. The van der Waals surface area contributed by atoms with Crippen LogP contribution in [-0.4, -0.2) is 9.38 Å². The molecule has 22 heavy (non-hydrogen) atoms. The summed E-state index contributed by atoms with van der Waals surface area (Å²) in [4.78, 5) is 5.82. The fourth-order valence-corrected chi connectivity index (χ4v) is 3.66. The second kappa shape index (κ2) is 5.00. The summed E-state index contributed by atoms with van der Waals surface area (Å²) in [5, 5.41) is 2.15. The molecule has 0 atom stereocenters. The van der Waals surface area contributed by atoms with Gasteiger partial charge in [-0.15, -0.1) is 11.3 Å². The van der Waals surface area contributed by atoms with Crippen LogP contribution in [0.3, 0.4) is 0 Å². The molecule has 0 unspecified atom stereocenters. The highest BCUT2D eigenvalue weighted by molar-refractivity contribution is 7.15. The van der Waals surface area contributed by atoms with Crippen LogP contribution in [0, 0.1) is 6.92 Å². The van der Waals surface area contributed by atoms with E-state index >= 15 is 0 Å². The summed E-state index contributed by atoms with van der Waals surface area (Å²) < 4.78 is 2.22. The average molecular weight is 305 g/mol. The third-order valence-corrected chi connectivity index (χ3v) is 4.67. The summed E-state index contributed by atoms with van der Waals surface area (Å²) in [5.41, 5.74) is 12.2. The lowest BCUT2D eigenvalue weighted by Crippen LogP contribution is -1.90. The molecule has 3 nitrogen and oxygen atoms in total. The second-order valence-corrected chi connectivity index (χ2v) is 6.11. The Morgan fingerprint density at radius 2 is 1.68 bits per heavy atom. The first-order chi connectivity index (χ1) is 10.7. The number of nitrogens with zero attached hydrogens (tertiary/aromatic N) is 2. The Hall–Kier alpha value is -2.59. The zero-order valence-electron chi connectivity index (χ0n) is 12.2. The Kier molecular flexibility index (Phi) is 2.98. The Bertz CT molecular complexity index is 934. The first-order valence-corrected chi connectivity index (χ1v) is 8.00. The standard InChI is InChI=1S/C18H15N3S/c1-12-17(14-5-3-2-4-6-14)20-18-21(12)16(11-22-18)13-7-9-15(19)10-8-13/h2-11H,19H2,1H3. The van der Waals surface area contributed by atoms with Crippen molar-refractivity contribution < 1.29 is 0 Å². The zero-order valence-corrected chi connectivity index (χ0v) is 13.0. The lowest BCUT2D eigenvalue weighted by molar-refractivity contribution is 1.14. The first-order valence-electron chi connectivity index (χ1n) is 7.12. The van der Waals surface area contributed by atoms with Crippen LogP contribution in [-0.2, 0) is 0 Å². The van der Waals surface area contributed by atoms with Crippen molar-refractivity contribution in [2.45, 2.75) is 6.92 Å². The van der Waals surface area contributed by atoms with E-state index in [1.165, 1.54) is 0 Å². The SMILES string of the molecule is Cc1c(-c2ccccc2)nc2scc(-c3ccc(N)cc3)n12. The number of thiazole rings is 1. The second-order valence-electron chi connectivity index (χ2n) is 5.27. The van der Waals surface area contributed by atoms with Gasteiger partial charge in [0.2, 0.25) is 0 Å². The van der Waals surface area contributed by atoms with Crippen LogP contribution in [0.4, 0.5) is 5.69 Å². The highest BCUT2D eigenvalue weighted by atomic mass is 32.1. The van der Waals surface area contributed by atoms with Gasteiger partial charge in [0.15, 0.2) is 4.96 Å². The van der Waals surface area contributed by atoms with Crippen molar-refractivity contribution in [3.63, 3.8) is 0 Å². The van der Waals surface area contributed by atoms with E-state index in [1.807, 2.05) is 30.3 Å². The number of benzene rings is 2. The van der Waals surface area contributed by atoms with Gasteiger partial charge in [-0.2, -0.15) is 0 Å². The van der Waals surface area contributed by atoms with Crippen molar-refractivity contribution in [2.75, 3.05) is 5.73 Å². The molecule has 0 saturated heterocycles. The fourth-order valence-electron chi connectivity index (χ4n) is 2.72. The molecule has 0 aliphatic carbocycles. The number of rotatable bonds is 2. The molecule has 2 N–H and O–H groups in total. The smallest absolute Gasteiger partial charge is 0.194 e. The molecule has 4 aromatic rings. The number of aromatic nitrogens is 2. The van der Waals surface area contributed by atoms with E-state index in [0.717, 1.165) is 38.9 Å². The molecule has 4 rings (SSSR count). The van der Waals surface area contributed by atoms with Gasteiger partial charge in [-0.1, -0.05) is 42.5 Å². The number of imidazole rings is 1. The Labute approximate surface area is 132 Å². The molecule has 108 valence electrons. The van der Waals surface area contributed by atoms with Gasteiger partial charge in [0.1, 0.15) is 0 Å². The molecule has 2 aromatic heterocycles. The van der Waals surface area contributed by atoms with Gasteiger partial charge in [0.05, 0.1) is 11.4 Å². The van der Waals surface area contributed by atoms with Gasteiger partial charge < -0.3 is 5.73 Å². The van der Waals surface area contributed by atoms with Crippen LogP contribution in [0.5, 0.6) is 0 Å². The minimum atomic E-state index is 0.780. The van der Waals surface area contributed by atoms with Gasteiger partial charge >= 0.3 is 0 Å². The van der Waals surface area contributed by atoms with E-state index in [-0.39, 0.29) is 0 Å². The maximum Gasteiger partial charge on any atom is 0.194 e. The predicted octanol–water partition coefficient (Wildman–Crippen LogP) is 4.62. The average Bonchev–Trinajstić information content (AvgIpc) is 3.10. The van der Waals surface area contributed by atoms with Crippen molar-refractivity contribution in [1.29, 1.82) is 0 Å². The monoisotopic (exact) mass is 305 g/mol.